The van der Waals surface area contributed by atoms with E-state index in [0.717, 1.165) is 15.4 Å². The highest BCUT2D eigenvalue weighted by molar-refractivity contribution is 7.93. The number of anilines is 1. The topological polar surface area (TPSA) is 63.7 Å². The van der Waals surface area contributed by atoms with Gasteiger partial charge >= 0.3 is 0 Å². The second-order valence-electron chi connectivity index (χ2n) is 7.32. The monoisotopic (exact) mass is 423 g/mol. The van der Waals surface area contributed by atoms with Gasteiger partial charge < -0.3 is 4.74 Å². The molecule has 3 rings (SSSR count). The first kappa shape index (κ1) is 21.6. The lowest BCUT2D eigenvalue weighted by Gasteiger charge is -2.23. The van der Waals surface area contributed by atoms with Gasteiger partial charge in [-0.25, -0.2) is 8.42 Å². The van der Waals surface area contributed by atoms with Crippen molar-refractivity contribution in [3.8, 4) is 5.75 Å². The molecule has 0 atom stereocenters. The highest BCUT2D eigenvalue weighted by atomic mass is 32.2. The third kappa shape index (κ3) is 4.89. The normalized spacial score (nSPS) is 11.3. The average molecular weight is 424 g/mol. The molecule has 0 aromatic heterocycles. The molecule has 0 saturated heterocycles. The third-order valence-corrected chi connectivity index (χ3v) is 6.45. The van der Waals surface area contributed by atoms with Gasteiger partial charge in [-0.3, -0.25) is 4.79 Å². The van der Waals surface area contributed by atoms with Gasteiger partial charge in [0.2, 0.25) is 0 Å². The number of carbonyl (C=O) groups is 1. The van der Waals surface area contributed by atoms with Crippen LogP contribution in [-0.2, 0) is 14.8 Å². The van der Waals surface area contributed by atoms with Crippen molar-refractivity contribution in [2.45, 2.75) is 31.6 Å². The molecule has 0 spiro atoms. The lowest BCUT2D eigenvalue weighted by Crippen LogP contribution is -2.40. The minimum absolute atomic E-state index is 0.0478. The minimum Gasteiger partial charge on any atom is -0.484 e. The van der Waals surface area contributed by atoms with E-state index in [1.54, 1.807) is 54.6 Å². The zero-order valence-corrected chi connectivity index (χ0v) is 18.1. The SMILES string of the molecule is Cc1ccc(S(=O)(=O)N(C(=O)COc2ccc(C(C)C)cc2)c2ccccc2)cc1. The summed E-state index contributed by atoms with van der Waals surface area (Å²) in [4.78, 5) is 13.0. The summed E-state index contributed by atoms with van der Waals surface area (Å²) in [5.41, 5.74) is 2.35. The Morgan fingerprint density at radius 2 is 1.50 bits per heavy atom. The molecular weight excluding hydrogens is 398 g/mol. The van der Waals surface area contributed by atoms with Crippen molar-refractivity contribution in [2.75, 3.05) is 10.9 Å². The fourth-order valence-corrected chi connectivity index (χ4v) is 4.36. The molecule has 5 nitrogen and oxygen atoms in total. The summed E-state index contributed by atoms with van der Waals surface area (Å²) in [6.07, 6.45) is 0. The van der Waals surface area contributed by atoms with Crippen LogP contribution in [0.1, 0.15) is 30.9 Å². The average Bonchev–Trinajstić information content (AvgIpc) is 2.73. The Morgan fingerprint density at radius 3 is 2.07 bits per heavy atom. The molecule has 0 aliphatic carbocycles. The van der Waals surface area contributed by atoms with Crippen LogP contribution >= 0.6 is 0 Å². The molecule has 0 N–H and O–H groups in total. The van der Waals surface area contributed by atoms with Crippen LogP contribution in [0.15, 0.2) is 83.8 Å². The molecule has 0 aliphatic heterocycles. The van der Waals surface area contributed by atoms with Crippen molar-refractivity contribution >= 4 is 21.6 Å². The zero-order chi connectivity index (χ0) is 21.7. The molecule has 1 amide bonds. The molecule has 0 bridgehead atoms. The van der Waals surface area contributed by atoms with E-state index < -0.39 is 22.5 Å². The number of nitrogens with zero attached hydrogens (tertiary/aromatic N) is 1. The number of ether oxygens (including phenoxy) is 1. The number of para-hydroxylation sites is 1. The van der Waals surface area contributed by atoms with Crippen LogP contribution in [0, 0.1) is 6.92 Å². The lowest BCUT2D eigenvalue weighted by molar-refractivity contribution is -0.119. The third-order valence-electron chi connectivity index (χ3n) is 4.69. The van der Waals surface area contributed by atoms with Crippen molar-refractivity contribution in [2.24, 2.45) is 0 Å². The van der Waals surface area contributed by atoms with Crippen LogP contribution in [-0.4, -0.2) is 20.9 Å². The van der Waals surface area contributed by atoms with E-state index in [9.17, 15) is 13.2 Å². The number of carbonyl (C=O) groups excluding carboxylic acids is 1. The van der Waals surface area contributed by atoms with Crippen molar-refractivity contribution in [3.05, 3.63) is 90.0 Å². The number of hydrogen-bond donors (Lipinski definition) is 0. The predicted molar refractivity (Wildman–Crippen MR) is 118 cm³/mol. The molecule has 30 heavy (non-hydrogen) atoms. The number of sulfonamides is 1. The largest absolute Gasteiger partial charge is 0.484 e. The molecule has 3 aromatic rings. The molecule has 3 aromatic carbocycles. The Morgan fingerprint density at radius 1 is 0.900 bits per heavy atom. The first-order chi connectivity index (χ1) is 14.3. The smallest absolute Gasteiger partial charge is 0.278 e. The van der Waals surface area contributed by atoms with Crippen LogP contribution in [0.25, 0.3) is 0 Å². The number of aryl methyl sites for hydroxylation is 1. The minimum atomic E-state index is -4.09. The number of hydrogen-bond acceptors (Lipinski definition) is 4. The van der Waals surface area contributed by atoms with E-state index in [-0.39, 0.29) is 10.6 Å². The summed E-state index contributed by atoms with van der Waals surface area (Å²) >= 11 is 0. The van der Waals surface area contributed by atoms with Gasteiger partial charge in [0.25, 0.3) is 15.9 Å². The summed E-state index contributed by atoms with van der Waals surface area (Å²) in [5, 5.41) is 0. The van der Waals surface area contributed by atoms with Gasteiger partial charge in [0.15, 0.2) is 6.61 Å². The Hall–Kier alpha value is -3.12. The molecule has 0 fully saturated rings. The lowest BCUT2D eigenvalue weighted by atomic mass is 10.0. The van der Waals surface area contributed by atoms with Crippen LogP contribution in [0.3, 0.4) is 0 Å². The van der Waals surface area contributed by atoms with E-state index >= 15 is 0 Å². The van der Waals surface area contributed by atoms with Gasteiger partial charge in [0, 0.05) is 0 Å². The second-order valence-corrected chi connectivity index (χ2v) is 9.11. The molecule has 0 heterocycles. The number of benzene rings is 3. The van der Waals surface area contributed by atoms with Crippen LogP contribution in [0.4, 0.5) is 5.69 Å². The summed E-state index contributed by atoms with van der Waals surface area (Å²) in [5.74, 6) is 0.220. The van der Waals surface area contributed by atoms with E-state index in [2.05, 4.69) is 13.8 Å². The van der Waals surface area contributed by atoms with E-state index in [4.69, 9.17) is 4.74 Å². The van der Waals surface area contributed by atoms with Crippen LogP contribution in [0.5, 0.6) is 5.75 Å². The molecule has 0 radical (unpaired) electrons. The fourth-order valence-electron chi connectivity index (χ4n) is 2.95. The van der Waals surface area contributed by atoms with Gasteiger partial charge in [-0.1, -0.05) is 61.9 Å². The Bertz CT molecular complexity index is 1090. The van der Waals surface area contributed by atoms with Gasteiger partial charge in [0.1, 0.15) is 5.75 Å². The van der Waals surface area contributed by atoms with Gasteiger partial charge in [0.05, 0.1) is 10.6 Å². The van der Waals surface area contributed by atoms with Crippen molar-refractivity contribution in [1.29, 1.82) is 0 Å². The van der Waals surface area contributed by atoms with Gasteiger partial charge in [-0.15, -0.1) is 0 Å². The molecule has 0 saturated carbocycles. The van der Waals surface area contributed by atoms with E-state index in [0.29, 0.717) is 11.7 Å². The Kier molecular flexibility index (Phi) is 6.57. The molecule has 0 aliphatic rings. The summed E-state index contributed by atoms with van der Waals surface area (Å²) in [6, 6.07) is 22.1. The number of amides is 1. The second kappa shape index (κ2) is 9.13. The Balaban J connectivity index is 1.87. The maximum Gasteiger partial charge on any atom is 0.278 e. The standard InChI is InChI=1S/C24H25NO4S/c1-18(2)20-11-13-22(14-12-20)29-17-24(26)25(21-7-5-4-6-8-21)30(27,28)23-15-9-19(3)10-16-23/h4-16,18H,17H2,1-3H3. The molecule has 156 valence electrons. The van der Waals surface area contributed by atoms with Crippen LogP contribution in [0.2, 0.25) is 0 Å². The molecular formula is C24H25NO4S. The fraction of sp³-hybridized carbons (Fsp3) is 0.208. The van der Waals surface area contributed by atoms with E-state index in [1.165, 1.54) is 12.1 Å². The number of rotatable bonds is 7. The first-order valence-corrected chi connectivity index (χ1v) is 11.2. The summed E-state index contributed by atoms with van der Waals surface area (Å²) in [7, 11) is -4.09. The van der Waals surface area contributed by atoms with Gasteiger partial charge in [-0.2, -0.15) is 4.31 Å². The maximum absolute atomic E-state index is 13.3. The first-order valence-electron chi connectivity index (χ1n) is 9.71. The molecule has 0 unspecified atom stereocenters. The van der Waals surface area contributed by atoms with Crippen molar-refractivity contribution in [1.82, 2.24) is 0 Å². The quantitative estimate of drug-likeness (QED) is 0.541. The highest BCUT2D eigenvalue weighted by Gasteiger charge is 2.31. The van der Waals surface area contributed by atoms with Gasteiger partial charge in [-0.05, 0) is 54.8 Å². The zero-order valence-electron chi connectivity index (χ0n) is 17.3. The van der Waals surface area contributed by atoms with Crippen LogP contribution < -0.4 is 9.04 Å². The highest BCUT2D eigenvalue weighted by Crippen LogP contribution is 2.25. The van der Waals surface area contributed by atoms with Crippen molar-refractivity contribution in [3.63, 3.8) is 0 Å². The summed E-state index contributed by atoms with van der Waals surface area (Å²) in [6.45, 7) is 5.65. The molecule has 6 heteroatoms. The Labute approximate surface area is 178 Å². The maximum atomic E-state index is 13.3. The predicted octanol–water partition coefficient (Wildman–Crippen LogP) is 4.92. The summed E-state index contributed by atoms with van der Waals surface area (Å²) < 4.78 is 32.9. The van der Waals surface area contributed by atoms with E-state index in [1.807, 2.05) is 19.1 Å². The van der Waals surface area contributed by atoms with Crippen molar-refractivity contribution < 1.29 is 17.9 Å².